The van der Waals surface area contributed by atoms with Gasteiger partial charge in [0.15, 0.2) is 5.11 Å². The molecule has 4 rings (SSSR count). The molecule has 0 bridgehead atoms. The van der Waals surface area contributed by atoms with Gasteiger partial charge in [0.1, 0.15) is 18.1 Å². The summed E-state index contributed by atoms with van der Waals surface area (Å²) in [5.41, 5.74) is 4.44. The number of amides is 1. The average molecular weight is 401 g/mol. The lowest BCUT2D eigenvalue weighted by atomic mass is 10.1. The first-order valence-electron chi connectivity index (χ1n) is 9.31. The van der Waals surface area contributed by atoms with Crippen molar-refractivity contribution < 1.29 is 9.53 Å². The Kier molecular flexibility index (Phi) is 5.40. The minimum absolute atomic E-state index is 0.166. The van der Waals surface area contributed by atoms with Crippen LogP contribution in [0, 0.1) is 6.92 Å². The topological polar surface area (TPSA) is 41.6 Å². The Morgan fingerprint density at radius 2 is 1.66 bits per heavy atom. The second-order valence-electron chi connectivity index (χ2n) is 6.81. The summed E-state index contributed by atoms with van der Waals surface area (Å²) < 4.78 is 5.84. The number of para-hydroxylation sites is 1. The maximum Gasteiger partial charge on any atom is 0.281 e. The van der Waals surface area contributed by atoms with Gasteiger partial charge in [0.2, 0.25) is 0 Å². The molecule has 4 nitrogen and oxygen atoms in total. The Hall–Kier alpha value is -3.44. The fraction of sp³-hybridized carbons (Fsp3) is 0.0833. The summed E-state index contributed by atoms with van der Waals surface area (Å²) in [5.74, 6) is 0.612. The number of rotatable bonds is 5. The molecule has 1 saturated heterocycles. The van der Waals surface area contributed by atoms with Crippen molar-refractivity contribution >= 4 is 35.0 Å². The molecule has 1 amide bonds. The lowest BCUT2D eigenvalue weighted by Gasteiger charge is -2.13. The Labute approximate surface area is 175 Å². The maximum atomic E-state index is 12.8. The van der Waals surface area contributed by atoms with E-state index in [2.05, 4.69) is 36.5 Å². The Morgan fingerprint density at radius 1 is 0.966 bits per heavy atom. The Bertz CT molecular complexity index is 1060. The van der Waals surface area contributed by atoms with Crippen LogP contribution < -0.4 is 15.0 Å². The molecular formula is C24H20N2O2S. The molecule has 5 heteroatoms. The van der Waals surface area contributed by atoms with E-state index in [-0.39, 0.29) is 5.91 Å². The van der Waals surface area contributed by atoms with E-state index < -0.39 is 0 Å². The van der Waals surface area contributed by atoms with E-state index in [9.17, 15) is 4.79 Å². The summed E-state index contributed by atoms with van der Waals surface area (Å²) in [6, 6.07) is 25.3. The molecular weight excluding hydrogens is 380 g/mol. The van der Waals surface area contributed by atoms with Gasteiger partial charge in [-0.15, -0.1) is 0 Å². The number of nitrogens with zero attached hydrogens (tertiary/aromatic N) is 1. The molecule has 1 N–H and O–H groups in total. The van der Waals surface area contributed by atoms with Crippen LogP contribution in [0.1, 0.15) is 16.7 Å². The van der Waals surface area contributed by atoms with Gasteiger partial charge in [-0.2, -0.15) is 0 Å². The van der Waals surface area contributed by atoms with Crippen LogP contribution >= 0.6 is 12.2 Å². The molecule has 0 aliphatic carbocycles. The van der Waals surface area contributed by atoms with Gasteiger partial charge in [-0.05, 0) is 60.6 Å². The van der Waals surface area contributed by atoms with Gasteiger partial charge < -0.3 is 10.1 Å². The minimum atomic E-state index is -0.166. The second kappa shape index (κ2) is 8.29. The van der Waals surface area contributed by atoms with E-state index >= 15 is 0 Å². The van der Waals surface area contributed by atoms with Gasteiger partial charge in [0, 0.05) is 0 Å². The third-order valence-corrected chi connectivity index (χ3v) is 4.89. The number of nitrogens with one attached hydrogen (secondary N) is 1. The number of carbonyl (C=O) groups excluding carboxylic acids is 1. The van der Waals surface area contributed by atoms with Crippen molar-refractivity contribution in [1.82, 2.24) is 5.32 Å². The molecule has 0 aromatic heterocycles. The van der Waals surface area contributed by atoms with Crippen molar-refractivity contribution in [3.8, 4) is 5.75 Å². The van der Waals surface area contributed by atoms with E-state index in [4.69, 9.17) is 17.0 Å². The van der Waals surface area contributed by atoms with Crippen molar-refractivity contribution in [2.45, 2.75) is 13.5 Å². The van der Waals surface area contributed by atoms with Crippen molar-refractivity contribution in [1.29, 1.82) is 0 Å². The fourth-order valence-corrected chi connectivity index (χ4v) is 3.32. The van der Waals surface area contributed by atoms with Gasteiger partial charge in [0.05, 0.1) is 5.69 Å². The standard InChI is InChI=1S/C24H20N2O2S/c1-17-7-9-19(10-8-17)16-28-21-13-11-18(12-14-21)15-22-23(27)26(24(29)25-22)20-5-3-2-4-6-20/h2-15H,16H2,1H3,(H,25,29)/b22-15+. The van der Waals surface area contributed by atoms with Gasteiger partial charge in [-0.1, -0.05) is 60.2 Å². The number of hydrogen-bond acceptors (Lipinski definition) is 3. The van der Waals surface area contributed by atoms with E-state index in [0.29, 0.717) is 17.4 Å². The van der Waals surface area contributed by atoms with Crippen molar-refractivity contribution in [3.05, 3.63) is 101 Å². The summed E-state index contributed by atoms with van der Waals surface area (Å²) in [6.45, 7) is 2.58. The number of hydrogen-bond donors (Lipinski definition) is 1. The van der Waals surface area contributed by atoms with Crippen LogP contribution in [-0.4, -0.2) is 11.0 Å². The summed E-state index contributed by atoms with van der Waals surface area (Å²) in [7, 11) is 0. The number of ether oxygens (including phenoxy) is 1. The first-order chi connectivity index (χ1) is 14.1. The smallest absolute Gasteiger partial charge is 0.281 e. The highest BCUT2D eigenvalue weighted by atomic mass is 32.1. The molecule has 0 spiro atoms. The molecule has 3 aromatic carbocycles. The average Bonchev–Trinajstić information content (AvgIpc) is 3.02. The molecule has 0 unspecified atom stereocenters. The van der Waals surface area contributed by atoms with Gasteiger partial charge >= 0.3 is 0 Å². The summed E-state index contributed by atoms with van der Waals surface area (Å²) in [5, 5.41) is 3.38. The first kappa shape index (κ1) is 18.9. The van der Waals surface area contributed by atoms with Gasteiger partial charge in [-0.25, -0.2) is 0 Å². The highest BCUT2D eigenvalue weighted by Crippen LogP contribution is 2.23. The number of thiocarbonyl (C=S) groups is 1. The largest absolute Gasteiger partial charge is 0.489 e. The van der Waals surface area contributed by atoms with Crippen LogP contribution in [0.25, 0.3) is 6.08 Å². The molecule has 1 aliphatic heterocycles. The van der Waals surface area contributed by atoms with Crippen molar-refractivity contribution in [3.63, 3.8) is 0 Å². The molecule has 1 heterocycles. The zero-order chi connectivity index (χ0) is 20.2. The third kappa shape index (κ3) is 4.36. The second-order valence-corrected chi connectivity index (χ2v) is 7.19. The van der Waals surface area contributed by atoms with Crippen LogP contribution in [-0.2, 0) is 11.4 Å². The monoisotopic (exact) mass is 400 g/mol. The van der Waals surface area contributed by atoms with E-state index in [1.54, 1.807) is 6.08 Å². The molecule has 144 valence electrons. The summed E-state index contributed by atoms with van der Waals surface area (Å²) in [4.78, 5) is 14.3. The Morgan fingerprint density at radius 3 is 2.34 bits per heavy atom. The van der Waals surface area contributed by atoms with Gasteiger partial charge in [-0.3, -0.25) is 9.69 Å². The predicted octanol–water partition coefficient (Wildman–Crippen LogP) is 4.84. The first-order valence-corrected chi connectivity index (χ1v) is 9.71. The van der Waals surface area contributed by atoms with Gasteiger partial charge in [0.25, 0.3) is 5.91 Å². The maximum absolute atomic E-state index is 12.8. The van der Waals surface area contributed by atoms with Crippen LogP contribution in [0.2, 0.25) is 0 Å². The highest BCUT2D eigenvalue weighted by molar-refractivity contribution is 7.80. The zero-order valence-corrected chi connectivity index (χ0v) is 16.8. The minimum Gasteiger partial charge on any atom is -0.489 e. The summed E-state index contributed by atoms with van der Waals surface area (Å²) in [6.07, 6.45) is 1.79. The zero-order valence-electron chi connectivity index (χ0n) is 16.0. The van der Waals surface area contributed by atoms with Crippen LogP contribution in [0.3, 0.4) is 0 Å². The third-order valence-electron chi connectivity index (χ3n) is 4.61. The summed E-state index contributed by atoms with van der Waals surface area (Å²) >= 11 is 5.34. The molecule has 3 aromatic rings. The molecule has 0 atom stereocenters. The van der Waals surface area contributed by atoms with Crippen molar-refractivity contribution in [2.24, 2.45) is 0 Å². The molecule has 29 heavy (non-hydrogen) atoms. The normalized spacial score (nSPS) is 14.9. The van der Waals surface area contributed by atoms with E-state index in [0.717, 1.165) is 22.6 Å². The predicted molar refractivity (Wildman–Crippen MR) is 120 cm³/mol. The number of anilines is 1. The fourth-order valence-electron chi connectivity index (χ4n) is 3.02. The lowest BCUT2D eigenvalue weighted by molar-refractivity contribution is -0.113. The quantitative estimate of drug-likeness (QED) is 0.492. The highest BCUT2D eigenvalue weighted by Gasteiger charge is 2.31. The molecule has 1 aliphatic rings. The molecule has 0 radical (unpaired) electrons. The van der Waals surface area contributed by atoms with Crippen LogP contribution in [0.5, 0.6) is 5.75 Å². The number of carbonyl (C=O) groups is 1. The number of benzene rings is 3. The van der Waals surface area contributed by atoms with E-state index in [1.807, 2.05) is 54.6 Å². The van der Waals surface area contributed by atoms with E-state index in [1.165, 1.54) is 10.5 Å². The number of aryl methyl sites for hydroxylation is 1. The van der Waals surface area contributed by atoms with Crippen LogP contribution in [0.15, 0.2) is 84.6 Å². The molecule has 0 saturated carbocycles. The SMILES string of the molecule is Cc1ccc(COc2ccc(/C=C3/NC(=S)N(c4ccccc4)C3=O)cc2)cc1. The Balaban J connectivity index is 1.44. The molecule has 1 fully saturated rings. The van der Waals surface area contributed by atoms with Crippen molar-refractivity contribution in [2.75, 3.05) is 4.90 Å². The van der Waals surface area contributed by atoms with Crippen LogP contribution in [0.4, 0.5) is 5.69 Å². The lowest BCUT2D eigenvalue weighted by Crippen LogP contribution is -2.30.